The molecule has 0 heterocycles. The van der Waals surface area contributed by atoms with Crippen molar-refractivity contribution in [1.29, 1.82) is 0 Å². The normalized spacial score (nSPS) is 23.4. The fraction of sp³-hybridized carbons (Fsp3) is 0.545. The fourth-order valence-electron chi connectivity index (χ4n) is 5.15. The number of hydrogen-bond acceptors (Lipinski definition) is 4. The van der Waals surface area contributed by atoms with E-state index in [-0.39, 0.29) is 23.4 Å². The molecule has 0 radical (unpaired) electrons. The Balaban J connectivity index is 1.54. The van der Waals surface area contributed by atoms with Crippen LogP contribution >= 0.6 is 0 Å². The van der Waals surface area contributed by atoms with E-state index >= 15 is 0 Å². The Bertz CT molecular complexity index is 1030. The van der Waals surface area contributed by atoms with Crippen LogP contribution in [0.4, 0.5) is 0 Å². The molecule has 0 saturated heterocycles. The van der Waals surface area contributed by atoms with Crippen molar-refractivity contribution in [3.63, 3.8) is 0 Å². The molecule has 1 aromatic carbocycles. The second-order valence-electron chi connectivity index (χ2n) is 11.7. The lowest BCUT2D eigenvalue weighted by Crippen LogP contribution is -2.40. The van der Waals surface area contributed by atoms with E-state index in [9.17, 15) is 9.90 Å². The molecule has 2 aliphatic rings. The van der Waals surface area contributed by atoms with E-state index in [0.29, 0.717) is 13.0 Å². The number of benzene rings is 1. The summed E-state index contributed by atoms with van der Waals surface area (Å²) in [6.45, 7) is 8.19. The summed E-state index contributed by atoms with van der Waals surface area (Å²) in [6, 6.07) is 10.0. The molecule has 2 saturated carbocycles. The molecule has 200 valence electrons. The molecule has 0 spiro atoms. The van der Waals surface area contributed by atoms with Gasteiger partial charge in [0.25, 0.3) is 0 Å². The Morgan fingerprint density at radius 3 is 2.54 bits per heavy atom. The number of carbonyl (C=O) groups excluding carboxylic acids is 1. The molecule has 4 nitrogen and oxygen atoms in total. The van der Waals surface area contributed by atoms with Crippen LogP contribution in [0.5, 0.6) is 0 Å². The van der Waals surface area contributed by atoms with Gasteiger partial charge in [-0.3, -0.25) is 0 Å². The predicted octanol–water partition coefficient (Wildman–Crippen LogP) is 6.94. The van der Waals surface area contributed by atoms with E-state index in [4.69, 9.17) is 9.47 Å². The van der Waals surface area contributed by atoms with Crippen LogP contribution < -0.4 is 0 Å². The number of aliphatic hydroxyl groups is 1. The van der Waals surface area contributed by atoms with Crippen LogP contribution in [-0.4, -0.2) is 36.0 Å². The molecule has 4 heteroatoms. The van der Waals surface area contributed by atoms with Crippen LogP contribution in [-0.2, 0) is 14.3 Å². The van der Waals surface area contributed by atoms with E-state index in [1.165, 1.54) is 18.4 Å². The standard InChI is InChI=1S/C33H44O4/c1-31(2,3)37-30(35)26-36-25-19-28-17-8-10-20-32(28,4)21-11-9-18-29(34)33(23-13-24-33)22-12-16-27-14-6-5-7-15-27/h5-7,9,11,14-15,18-19,21,29,34H,8,10,13,17,20,22-26H2,1-4H3/b18-9+,21-11+,28-19+. The lowest BCUT2D eigenvalue weighted by Gasteiger charge is -2.43. The minimum Gasteiger partial charge on any atom is -0.458 e. The minimum atomic E-state index is -0.499. The van der Waals surface area contributed by atoms with Crippen molar-refractivity contribution in [2.24, 2.45) is 10.8 Å². The van der Waals surface area contributed by atoms with E-state index in [0.717, 1.165) is 37.7 Å². The first kappa shape index (κ1) is 29.0. The van der Waals surface area contributed by atoms with Crippen molar-refractivity contribution < 1.29 is 19.4 Å². The summed E-state index contributed by atoms with van der Waals surface area (Å²) in [4.78, 5) is 11.9. The Morgan fingerprint density at radius 1 is 1.11 bits per heavy atom. The van der Waals surface area contributed by atoms with Crippen molar-refractivity contribution in [3.05, 3.63) is 71.8 Å². The van der Waals surface area contributed by atoms with Crippen LogP contribution in [0.25, 0.3) is 0 Å². The predicted molar refractivity (Wildman–Crippen MR) is 150 cm³/mol. The maximum absolute atomic E-state index is 11.9. The highest BCUT2D eigenvalue weighted by molar-refractivity contribution is 5.71. The van der Waals surface area contributed by atoms with Crippen molar-refractivity contribution in [1.82, 2.24) is 0 Å². The Morgan fingerprint density at radius 2 is 1.86 bits per heavy atom. The molecule has 2 atom stereocenters. The first-order valence-corrected chi connectivity index (χ1v) is 13.7. The number of carbonyl (C=O) groups is 1. The highest BCUT2D eigenvalue weighted by Crippen LogP contribution is 2.47. The number of rotatable bonds is 9. The molecule has 1 N–H and O–H groups in total. The SMILES string of the molecule is CC(C)(C)OC(=O)COC/C=C1\CCCCC1(C)/C=C/C=C/C(O)C1(CC#Cc2ccccc2)CCC1. The highest BCUT2D eigenvalue weighted by atomic mass is 16.6. The molecule has 0 amide bonds. The lowest BCUT2D eigenvalue weighted by atomic mass is 9.63. The van der Waals surface area contributed by atoms with Crippen molar-refractivity contribution in [2.75, 3.05) is 13.2 Å². The van der Waals surface area contributed by atoms with Crippen molar-refractivity contribution >= 4 is 5.97 Å². The summed E-state index contributed by atoms with van der Waals surface area (Å²) in [6.07, 6.45) is 18.2. The van der Waals surface area contributed by atoms with Crippen molar-refractivity contribution in [3.8, 4) is 11.8 Å². The smallest absolute Gasteiger partial charge is 0.332 e. The minimum absolute atomic E-state index is 0.0360. The summed E-state index contributed by atoms with van der Waals surface area (Å²) in [7, 11) is 0. The summed E-state index contributed by atoms with van der Waals surface area (Å²) in [5.41, 5.74) is 1.69. The van der Waals surface area contributed by atoms with Crippen molar-refractivity contribution in [2.45, 2.75) is 90.8 Å². The summed E-state index contributed by atoms with van der Waals surface area (Å²) in [5.74, 6) is 6.21. The van der Waals surface area contributed by atoms with Gasteiger partial charge >= 0.3 is 5.97 Å². The van der Waals surface area contributed by atoms with Crippen LogP contribution in [0.1, 0.15) is 84.6 Å². The van der Waals surface area contributed by atoms with Crippen LogP contribution in [0.2, 0.25) is 0 Å². The van der Waals surface area contributed by atoms with E-state index < -0.39 is 11.7 Å². The Hall–Kier alpha value is -2.61. The van der Waals surface area contributed by atoms with Crippen LogP contribution in [0.3, 0.4) is 0 Å². The van der Waals surface area contributed by atoms with Gasteiger partial charge in [-0.15, -0.1) is 0 Å². The maximum atomic E-state index is 11.9. The second kappa shape index (κ2) is 13.3. The van der Waals surface area contributed by atoms with E-state index in [1.54, 1.807) is 0 Å². The zero-order chi connectivity index (χ0) is 26.8. The number of esters is 1. The third kappa shape index (κ3) is 9.02. The number of ether oxygens (including phenoxy) is 2. The monoisotopic (exact) mass is 504 g/mol. The Labute approximate surface area is 223 Å². The molecule has 2 unspecified atom stereocenters. The number of hydrogen-bond donors (Lipinski definition) is 1. The average molecular weight is 505 g/mol. The quantitative estimate of drug-likeness (QED) is 0.130. The van der Waals surface area contributed by atoms with Gasteiger partial charge in [0.05, 0.1) is 12.7 Å². The van der Waals surface area contributed by atoms with E-state index in [1.807, 2.05) is 63.3 Å². The summed E-state index contributed by atoms with van der Waals surface area (Å²) < 4.78 is 10.9. The molecule has 0 aliphatic heterocycles. The first-order chi connectivity index (χ1) is 17.6. The lowest BCUT2D eigenvalue weighted by molar-refractivity contribution is -0.159. The third-order valence-corrected chi connectivity index (χ3v) is 7.51. The largest absolute Gasteiger partial charge is 0.458 e. The van der Waals surface area contributed by atoms with Gasteiger partial charge in [-0.2, -0.15) is 0 Å². The molecule has 2 fully saturated rings. The van der Waals surface area contributed by atoms with Gasteiger partial charge in [-0.05, 0) is 65.0 Å². The average Bonchev–Trinajstić information content (AvgIpc) is 2.82. The number of aliphatic hydroxyl groups excluding tert-OH is 1. The summed E-state index contributed by atoms with van der Waals surface area (Å²) in [5, 5.41) is 11.0. The molecule has 0 bridgehead atoms. The third-order valence-electron chi connectivity index (χ3n) is 7.51. The van der Waals surface area contributed by atoms with Gasteiger partial charge in [0.1, 0.15) is 12.2 Å². The summed E-state index contributed by atoms with van der Waals surface area (Å²) >= 11 is 0. The zero-order valence-electron chi connectivity index (χ0n) is 23.1. The molecular weight excluding hydrogens is 460 g/mol. The first-order valence-electron chi connectivity index (χ1n) is 13.7. The maximum Gasteiger partial charge on any atom is 0.332 e. The van der Waals surface area contributed by atoms with Gasteiger partial charge in [0, 0.05) is 22.8 Å². The molecule has 2 aliphatic carbocycles. The topological polar surface area (TPSA) is 55.8 Å². The van der Waals surface area contributed by atoms with Gasteiger partial charge in [-0.1, -0.05) is 85.8 Å². The fourth-order valence-corrected chi connectivity index (χ4v) is 5.15. The second-order valence-corrected chi connectivity index (χ2v) is 11.7. The van der Waals surface area contributed by atoms with Crippen LogP contribution in [0, 0.1) is 22.7 Å². The Kier molecular flexibility index (Phi) is 10.4. The van der Waals surface area contributed by atoms with Gasteiger partial charge in [0.15, 0.2) is 0 Å². The molecule has 3 rings (SSSR count). The van der Waals surface area contributed by atoms with Gasteiger partial charge in [0.2, 0.25) is 0 Å². The molecule has 1 aromatic rings. The van der Waals surface area contributed by atoms with Crippen LogP contribution in [0.15, 0.2) is 66.3 Å². The molecule has 0 aromatic heterocycles. The molecule has 37 heavy (non-hydrogen) atoms. The highest BCUT2D eigenvalue weighted by Gasteiger charge is 2.41. The number of allylic oxidation sites excluding steroid dienone is 4. The van der Waals surface area contributed by atoms with Gasteiger partial charge < -0.3 is 14.6 Å². The van der Waals surface area contributed by atoms with Gasteiger partial charge in [-0.25, -0.2) is 4.79 Å². The van der Waals surface area contributed by atoms with E-state index in [2.05, 4.69) is 37.0 Å². The zero-order valence-corrected chi connectivity index (χ0v) is 23.1. The molecular formula is C33H44O4.